The van der Waals surface area contributed by atoms with Crippen molar-refractivity contribution in [2.24, 2.45) is 0 Å². The van der Waals surface area contributed by atoms with Crippen LogP contribution in [-0.4, -0.2) is 45.8 Å². The lowest BCUT2D eigenvalue weighted by Gasteiger charge is -2.16. The van der Waals surface area contributed by atoms with Crippen LogP contribution in [0.4, 0.5) is 10.8 Å². The van der Waals surface area contributed by atoms with Crippen LogP contribution in [-0.2, 0) is 24.3 Å². The molecule has 2 aromatic rings. The largest absolute Gasteiger partial charge is 0.494 e. The molecule has 1 N–H and O–H groups in total. The maximum atomic E-state index is 12.0. The van der Waals surface area contributed by atoms with Gasteiger partial charge < -0.3 is 9.47 Å². The van der Waals surface area contributed by atoms with Crippen molar-refractivity contribution in [2.45, 2.75) is 0 Å². The summed E-state index contributed by atoms with van der Waals surface area (Å²) in [6.45, 7) is 0.749. The summed E-state index contributed by atoms with van der Waals surface area (Å²) < 4.78 is 34.6. The molecule has 0 atom stereocenters. The lowest BCUT2D eigenvalue weighted by Crippen LogP contribution is -2.24. The molecule has 10 heteroatoms. The summed E-state index contributed by atoms with van der Waals surface area (Å²) in [5.74, 6) is -0.308. The molecule has 1 aromatic carbocycles. The van der Waals surface area contributed by atoms with E-state index in [9.17, 15) is 13.2 Å². The van der Waals surface area contributed by atoms with E-state index in [0.717, 1.165) is 11.8 Å². The van der Waals surface area contributed by atoms with Gasteiger partial charge >= 0.3 is 0 Å². The van der Waals surface area contributed by atoms with E-state index < -0.39 is 15.9 Å². The van der Waals surface area contributed by atoms with E-state index in [1.54, 1.807) is 29.6 Å². The number of nitrogens with one attached hydrogen (secondary N) is 1. The molecule has 2 heterocycles. The number of carbonyl (C=O) groups excluding carboxylic acids is 1. The second-order valence-electron chi connectivity index (χ2n) is 5.47. The van der Waals surface area contributed by atoms with Crippen molar-refractivity contribution in [3.63, 3.8) is 0 Å². The molecule has 3 rings (SSSR count). The molecule has 0 aliphatic carbocycles. The minimum Gasteiger partial charge on any atom is -0.494 e. The van der Waals surface area contributed by atoms with E-state index >= 15 is 0 Å². The third kappa shape index (κ3) is 4.14. The van der Waals surface area contributed by atoms with Crippen molar-refractivity contribution >= 4 is 38.1 Å². The van der Waals surface area contributed by atoms with Crippen LogP contribution < -0.4 is 9.62 Å². The van der Waals surface area contributed by atoms with Crippen molar-refractivity contribution in [3.05, 3.63) is 41.7 Å². The third-order valence-electron chi connectivity index (χ3n) is 3.62. The molecule has 0 saturated heterocycles. The summed E-state index contributed by atoms with van der Waals surface area (Å²) in [4.78, 5) is 16.4. The molecule has 0 spiro atoms. The van der Waals surface area contributed by atoms with Crippen molar-refractivity contribution in [2.75, 3.05) is 36.1 Å². The molecular formula is C16H17N3O5S2. The summed E-state index contributed by atoms with van der Waals surface area (Å²) in [6, 6.07) is 6.95. The molecule has 26 heavy (non-hydrogen) atoms. The number of aromatic nitrogens is 1. The number of amides is 1. The highest BCUT2D eigenvalue weighted by Crippen LogP contribution is 2.27. The van der Waals surface area contributed by atoms with Gasteiger partial charge in [0.1, 0.15) is 19.5 Å². The molecule has 0 unspecified atom stereocenters. The van der Waals surface area contributed by atoms with Crippen molar-refractivity contribution in [1.29, 1.82) is 0 Å². The number of benzene rings is 1. The quantitative estimate of drug-likeness (QED) is 0.832. The van der Waals surface area contributed by atoms with E-state index in [1.807, 2.05) is 0 Å². The Labute approximate surface area is 155 Å². The molecular weight excluding hydrogens is 378 g/mol. The lowest BCUT2D eigenvalue weighted by atomic mass is 10.1. The average molecular weight is 395 g/mol. The molecule has 0 fully saturated rings. The van der Waals surface area contributed by atoms with Crippen LogP contribution in [0.25, 0.3) is 11.3 Å². The molecule has 1 aliphatic heterocycles. The van der Waals surface area contributed by atoms with Gasteiger partial charge in [-0.2, -0.15) is 0 Å². The van der Waals surface area contributed by atoms with Gasteiger partial charge in [-0.3, -0.25) is 14.4 Å². The van der Waals surface area contributed by atoms with Gasteiger partial charge in [-0.1, -0.05) is 12.1 Å². The zero-order valence-corrected chi connectivity index (χ0v) is 15.8. The van der Waals surface area contributed by atoms with Crippen molar-refractivity contribution in [3.8, 4) is 11.3 Å². The fraction of sp³-hybridized carbons (Fsp3) is 0.250. The van der Waals surface area contributed by atoms with Gasteiger partial charge in [-0.25, -0.2) is 13.4 Å². The Balaban J connectivity index is 1.71. The third-order valence-corrected chi connectivity index (χ3v) is 5.59. The summed E-state index contributed by atoms with van der Waals surface area (Å²) in [5.41, 5.74) is 2.04. The number of hydrogen-bond acceptors (Lipinski definition) is 7. The highest BCUT2D eigenvalue weighted by atomic mass is 32.2. The zero-order valence-electron chi connectivity index (χ0n) is 14.1. The van der Waals surface area contributed by atoms with Gasteiger partial charge in [-0.15, -0.1) is 11.3 Å². The Morgan fingerprint density at radius 1 is 1.27 bits per heavy atom. The van der Waals surface area contributed by atoms with Gasteiger partial charge in [0.15, 0.2) is 5.13 Å². The van der Waals surface area contributed by atoms with Gasteiger partial charge in [0.05, 0.1) is 17.6 Å². The number of rotatable bonds is 5. The Kier molecular flexibility index (Phi) is 5.14. The molecule has 138 valence electrons. The van der Waals surface area contributed by atoms with Crippen LogP contribution in [0, 0.1) is 0 Å². The maximum absolute atomic E-state index is 12.0. The highest BCUT2D eigenvalue weighted by molar-refractivity contribution is 7.92. The fourth-order valence-corrected chi connectivity index (χ4v) is 3.36. The first-order valence-corrected chi connectivity index (χ1v) is 10.3. The number of nitrogens with zero attached hydrogens (tertiary/aromatic N) is 2. The van der Waals surface area contributed by atoms with Crippen molar-refractivity contribution in [1.82, 2.24) is 4.98 Å². The Bertz CT molecular complexity index is 935. The maximum Gasteiger partial charge on any atom is 0.295 e. The predicted molar refractivity (Wildman–Crippen MR) is 99.4 cm³/mol. The Hall–Kier alpha value is -2.59. The summed E-state index contributed by atoms with van der Waals surface area (Å²) in [7, 11) is -1.82. The molecule has 1 amide bonds. The van der Waals surface area contributed by atoms with Gasteiger partial charge in [0.2, 0.25) is 15.8 Å². The zero-order chi connectivity index (χ0) is 18.7. The van der Waals surface area contributed by atoms with E-state index in [4.69, 9.17) is 9.47 Å². The van der Waals surface area contributed by atoms with Crippen LogP contribution in [0.3, 0.4) is 0 Å². The van der Waals surface area contributed by atoms with E-state index in [0.29, 0.717) is 29.7 Å². The average Bonchev–Trinajstić information content (AvgIpc) is 3.09. The minimum absolute atomic E-state index is 0.112. The Morgan fingerprint density at radius 3 is 2.62 bits per heavy atom. The first kappa shape index (κ1) is 18.2. The molecule has 1 aliphatic rings. The number of sulfonamides is 1. The number of thiazole rings is 1. The highest BCUT2D eigenvalue weighted by Gasteiger charge is 2.17. The van der Waals surface area contributed by atoms with Crippen LogP contribution in [0.5, 0.6) is 0 Å². The number of hydrogen-bond donors (Lipinski definition) is 1. The van der Waals surface area contributed by atoms with Crippen LogP contribution in [0.15, 0.2) is 41.7 Å². The number of carbonyl (C=O) groups is 1. The van der Waals surface area contributed by atoms with Gasteiger partial charge in [-0.05, 0) is 12.1 Å². The second-order valence-corrected chi connectivity index (χ2v) is 8.34. The fourth-order valence-electron chi connectivity index (χ4n) is 2.14. The van der Waals surface area contributed by atoms with Gasteiger partial charge in [0.25, 0.3) is 5.91 Å². The molecule has 8 nitrogen and oxygen atoms in total. The minimum atomic E-state index is -3.31. The van der Waals surface area contributed by atoms with Crippen LogP contribution in [0.1, 0.15) is 0 Å². The Morgan fingerprint density at radius 2 is 2.00 bits per heavy atom. The summed E-state index contributed by atoms with van der Waals surface area (Å²) >= 11 is 1.28. The molecule has 1 aromatic heterocycles. The molecule has 0 radical (unpaired) electrons. The lowest BCUT2D eigenvalue weighted by molar-refractivity contribution is -0.117. The standard InChI is InChI=1S/C16H17N3O5S2/c1-19(26(2,21)22)12-5-3-11(4-6-12)13-10-25-16(17-13)18-15(20)14-9-23-7-8-24-14/h3-6,9-10H,7-8H2,1-2H3,(H,17,18,20). The van der Waals surface area contributed by atoms with Crippen LogP contribution in [0.2, 0.25) is 0 Å². The van der Waals surface area contributed by atoms with E-state index in [1.165, 1.54) is 29.0 Å². The first-order valence-electron chi connectivity index (χ1n) is 7.60. The summed E-state index contributed by atoms with van der Waals surface area (Å²) in [6.07, 6.45) is 2.43. The first-order chi connectivity index (χ1) is 12.3. The normalized spacial score (nSPS) is 14.0. The van der Waals surface area contributed by atoms with Gasteiger partial charge in [0, 0.05) is 18.0 Å². The van der Waals surface area contributed by atoms with Crippen LogP contribution >= 0.6 is 11.3 Å². The molecule has 0 saturated carbocycles. The van der Waals surface area contributed by atoms with Crippen molar-refractivity contribution < 1.29 is 22.7 Å². The van der Waals surface area contributed by atoms with E-state index in [2.05, 4.69) is 10.3 Å². The molecule has 0 bridgehead atoms. The number of ether oxygens (including phenoxy) is 2. The van der Waals surface area contributed by atoms with E-state index in [-0.39, 0.29) is 5.76 Å². The predicted octanol–water partition coefficient (Wildman–Crippen LogP) is 2.03. The number of anilines is 2. The SMILES string of the molecule is CN(c1ccc(-c2csc(NC(=O)C3=COCCO3)n2)cc1)S(C)(=O)=O. The topological polar surface area (TPSA) is 97.8 Å². The monoisotopic (exact) mass is 395 g/mol. The smallest absolute Gasteiger partial charge is 0.295 e. The second kappa shape index (κ2) is 7.34. The summed E-state index contributed by atoms with van der Waals surface area (Å²) in [5, 5.41) is 4.89.